The lowest BCUT2D eigenvalue weighted by Crippen LogP contribution is -2.29. The van der Waals surface area contributed by atoms with E-state index in [2.05, 4.69) is 59.9 Å². The van der Waals surface area contributed by atoms with E-state index in [1.807, 2.05) is 29.2 Å². The first-order valence-corrected chi connectivity index (χ1v) is 11.9. The van der Waals surface area contributed by atoms with Crippen molar-refractivity contribution in [2.75, 3.05) is 4.90 Å². The van der Waals surface area contributed by atoms with Gasteiger partial charge in [-0.2, -0.15) is 0 Å². The first-order chi connectivity index (χ1) is 16.4. The molecule has 0 bridgehead atoms. The summed E-state index contributed by atoms with van der Waals surface area (Å²) in [6, 6.07) is 21.0. The van der Waals surface area contributed by atoms with Gasteiger partial charge in [0, 0.05) is 28.3 Å². The van der Waals surface area contributed by atoms with Gasteiger partial charge >= 0.3 is 0 Å². The first-order valence-electron chi connectivity index (χ1n) is 11.1. The van der Waals surface area contributed by atoms with Gasteiger partial charge in [-0.05, 0) is 86.6 Å². The number of phenolic OH excluding ortho intramolecular Hbond substituents is 1. The molecule has 0 amide bonds. The van der Waals surface area contributed by atoms with Crippen molar-refractivity contribution in [1.29, 1.82) is 0 Å². The van der Waals surface area contributed by atoms with Crippen LogP contribution >= 0.6 is 23.8 Å². The number of phenols is 1. The summed E-state index contributed by atoms with van der Waals surface area (Å²) in [5, 5.41) is 15.3. The van der Waals surface area contributed by atoms with E-state index in [1.165, 1.54) is 5.56 Å². The van der Waals surface area contributed by atoms with Crippen LogP contribution in [-0.4, -0.2) is 19.8 Å². The van der Waals surface area contributed by atoms with Crippen LogP contribution < -0.4 is 10.2 Å². The van der Waals surface area contributed by atoms with Gasteiger partial charge in [0.2, 0.25) is 0 Å². The standard InChI is InChI=1S/C27H25ClN4OS/c1-16-8-4-5-10-22(16)31-17(2)14-20(18(31)3)26-25(21-9-6-7-13-29-21)30-27(34)32(26)23-15-19(28)11-12-24(23)33/h4-15,25-26,33H,1-3H3,(H,30,34)/t25-,26+/m0/s1. The minimum Gasteiger partial charge on any atom is -0.506 e. The fourth-order valence-electron chi connectivity index (χ4n) is 4.89. The second-order valence-electron chi connectivity index (χ2n) is 8.58. The smallest absolute Gasteiger partial charge is 0.174 e. The van der Waals surface area contributed by atoms with Crippen LogP contribution in [0.25, 0.3) is 5.69 Å². The Labute approximate surface area is 209 Å². The first kappa shape index (κ1) is 22.4. The van der Waals surface area contributed by atoms with Crippen molar-refractivity contribution in [3.63, 3.8) is 0 Å². The van der Waals surface area contributed by atoms with E-state index in [1.54, 1.807) is 24.4 Å². The molecule has 1 aliphatic rings. The van der Waals surface area contributed by atoms with Gasteiger partial charge in [-0.3, -0.25) is 4.98 Å². The van der Waals surface area contributed by atoms with Crippen LogP contribution in [0.3, 0.4) is 0 Å². The number of hydrogen-bond acceptors (Lipinski definition) is 3. The number of nitrogens with zero attached hydrogens (tertiary/aromatic N) is 3. The highest BCUT2D eigenvalue weighted by Crippen LogP contribution is 2.46. The zero-order valence-electron chi connectivity index (χ0n) is 19.2. The molecule has 34 heavy (non-hydrogen) atoms. The van der Waals surface area contributed by atoms with Crippen LogP contribution in [0, 0.1) is 20.8 Å². The van der Waals surface area contributed by atoms with Crippen molar-refractivity contribution in [2.45, 2.75) is 32.9 Å². The molecule has 0 unspecified atom stereocenters. The van der Waals surface area contributed by atoms with Crippen LogP contribution in [0.4, 0.5) is 5.69 Å². The molecule has 5 nitrogen and oxygen atoms in total. The third kappa shape index (κ3) is 3.73. The highest BCUT2D eigenvalue weighted by Gasteiger charge is 2.43. The van der Waals surface area contributed by atoms with Gasteiger partial charge in [0.1, 0.15) is 5.75 Å². The molecule has 1 saturated heterocycles. The Morgan fingerprint density at radius 2 is 1.74 bits per heavy atom. The Hall–Kier alpha value is -3.35. The van der Waals surface area contributed by atoms with Gasteiger partial charge < -0.3 is 19.9 Å². The van der Waals surface area contributed by atoms with E-state index in [0.717, 1.165) is 28.3 Å². The Morgan fingerprint density at radius 3 is 2.47 bits per heavy atom. The van der Waals surface area contributed by atoms with E-state index in [9.17, 15) is 5.11 Å². The molecule has 2 atom stereocenters. The van der Waals surface area contributed by atoms with Gasteiger partial charge in [-0.25, -0.2) is 0 Å². The summed E-state index contributed by atoms with van der Waals surface area (Å²) < 4.78 is 2.28. The third-order valence-corrected chi connectivity index (χ3v) is 6.99. The van der Waals surface area contributed by atoms with Gasteiger partial charge in [0.05, 0.1) is 23.5 Å². The molecule has 1 fully saturated rings. The summed E-state index contributed by atoms with van der Waals surface area (Å²) in [6.45, 7) is 6.36. The zero-order valence-corrected chi connectivity index (χ0v) is 20.7. The molecule has 5 rings (SSSR count). The average Bonchev–Trinajstić information content (AvgIpc) is 3.32. The van der Waals surface area contributed by atoms with Crippen molar-refractivity contribution in [3.05, 3.63) is 106 Å². The highest BCUT2D eigenvalue weighted by molar-refractivity contribution is 7.80. The molecule has 0 radical (unpaired) electrons. The predicted octanol–water partition coefficient (Wildman–Crippen LogP) is 6.33. The number of para-hydroxylation sites is 1. The summed E-state index contributed by atoms with van der Waals surface area (Å²) in [7, 11) is 0. The predicted molar refractivity (Wildman–Crippen MR) is 141 cm³/mol. The number of thiocarbonyl (C=S) groups is 1. The SMILES string of the molecule is Cc1ccccc1-n1c(C)cc([C@@H]2[C@H](c3ccccn3)NC(=S)N2c2cc(Cl)ccc2O)c1C. The molecule has 4 aromatic rings. The molecule has 2 aromatic carbocycles. The summed E-state index contributed by atoms with van der Waals surface area (Å²) in [5.41, 5.74) is 7.10. The van der Waals surface area contributed by atoms with Crippen molar-refractivity contribution in [2.24, 2.45) is 0 Å². The number of halogens is 1. The molecule has 2 aromatic heterocycles. The maximum atomic E-state index is 10.8. The van der Waals surface area contributed by atoms with Gasteiger partial charge in [0.25, 0.3) is 0 Å². The number of nitrogens with one attached hydrogen (secondary N) is 1. The zero-order chi connectivity index (χ0) is 24.0. The summed E-state index contributed by atoms with van der Waals surface area (Å²) >= 11 is 12.1. The molecular weight excluding hydrogens is 464 g/mol. The molecule has 0 aliphatic carbocycles. The number of pyridine rings is 1. The molecular formula is C27H25ClN4OS. The van der Waals surface area contributed by atoms with Crippen LogP contribution in [-0.2, 0) is 0 Å². The number of aromatic hydroxyl groups is 1. The van der Waals surface area contributed by atoms with E-state index in [-0.39, 0.29) is 17.8 Å². The molecule has 7 heteroatoms. The van der Waals surface area contributed by atoms with Crippen molar-refractivity contribution in [1.82, 2.24) is 14.9 Å². The minimum atomic E-state index is -0.240. The number of anilines is 1. The normalized spacial score (nSPS) is 17.8. The maximum Gasteiger partial charge on any atom is 0.174 e. The second-order valence-corrected chi connectivity index (χ2v) is 9.40. The van der Waals surface area contributed by atoms with Crippen LogP contribution in [0.2, 0.25) is 5.02 Å². The summed E-state index contributed by atoms with van der Waals surface area (Å²) in [5.74, 6) is 0.118. The van der Waals surface area contributed by atoms with Crippen molar-refractivity contribution < 1.29 is 5.11 Å². The topological polar surface area (TPSA) is 53.3 Å². The Morgan fingerprint density at radius 1 is 0.971 bits per heavy atom. The lowest BCUT2D eigenvalue weighted by molar-refractivity contribution is 0.472. The second kappa shape index (κ2) is 8.78. The number of benzene rings is 2. The van der Waals surface area contributed by atoms with Crippen LogP contribution in [0.15, 0.2) is 72.9 Å². The Balaban J connectivity index is 1.72. The molecule has 172 valence electrons. The highest BCUT2D eigenvalue weighted by atomic mass is 35.5. The van der Waals surface area contributed by atoms with Gasteiger partial charge in [-0.1, -0.05) is 35.9 Å². The largest absolute Gasteiger partial charge is 0.506 e. The fraction of sp³-hybridized carbons (Fsp3) is 0.185. The Kier molecular flexibility index (Phi) is 5.80. The van der Waals surface area contributed by atoms with E-state index < -0.39 is 0 Å². The fourth-order valence-corrected chi connectivity index (χ4v) is 5.40. The van der Waals surface area contributed by atoms with Crippen LogP contribution in [0.5, 0.6) is 5.75 Å². The summed E-state index contributed by atoms with van der Waals surface area (Å²) in [4.78, 5) is 6.58. The minimum absolute atomic E-state index is 0.118. The molecule has 2 N–H and O–H groups in total. The monoisotopic (exact) mass is 488 g/mol. The lowest BCUT2D eigenvalue weighted by atomic mass is 9.96. The quantitative estimate of drug-likeness (QED) is 0.328. The molecule has 3 heterocycles. The molecule has 1 aliphatic heterocycles. The maximum absolute atomic E-state index is 10.8. The van der Waals surface area contributed by atoms with E-state index in [4.69, 9.17) is 23.8 Å². The number of rotatable bonds is 4. The van der Waals surface area contributed by atoms with Crippen molar-refractivity contribution in [3.8, 4) is 11.4 Å². The summed E-state index contributed by atoms with van der Waals surface area (Å²) in [6.07, 6.45) is 1.78. The average molecular weight is 489 g/mol. The van der Waals surface area contributed by atoms with Crippen LogP contribution in [0.1, 0.15) is 40.3 Å². The number of aromatic nitrogens is 2. The van der Waals surface area contributed by atoms with Gasteiger partial charge in [0.15, 0.2) is 5.11 Å². The Bertz CT molecular complexity index is 1380. The third-order valence-electron chi connectivity index (χ3n) is 6.44. The molecule has 0 spiro atoms. The van der Waals surface area contributed by atoms with E-state index in [0.29, 0.717) is 15.8 Å². The lowest BCUT2D eigenvalue weighted by Gasteiger charge is -2.29. The number of hydrogen-bond donors (Lipinski definition) is 2. The van der Waals surface area contributed by atoms with Crippen molar-refractivity contribution >= 4 is 34.6 Å². The van der Waals surface area contributed by atoms with Gasteiger partial charge in [-0.15, -0.1) is 0 Å². The molecule has 0 saturated carbocycles. The number of aryl methyl sites for hydroxylation is 2. The van der Waals surface area contributed by atoms with E-state index >= 15 is 0 Å².